The maximum atomic E-state index is 13.0. The number of alkyl halides is 3. The molecule has 0 aliphatic heterocycles. The molecule has 4 aromatic rings. The topological polar surface area (TPSA) is 51.2 Å². The third-order valence-electron chi connectivity index (χ3n) is 4.84. The molecule has 31 heavy (non-hydrogen) atoms. The molecule has 0 aliphatic carbocycles. The van der Waals surface area contributed by atoms with E-state index >= 15 is 0 Å². The van der Waals surface area contributed by atoms with Crippen LogP contribution in [0.5, 0.6) is 0 Å². The average Bonchev–Trinajstić information content (AvgIpc) is 2.78. The molecule has 0 saturated heterocycles. The predicted octanol–water partition coefficient (Wildman–Crippen LogP) is 6.45. The lowest BCUT2D eigenvalue weighted by atomic mass is 10.0. The lowest BCUT2D eigenvalue weighted by Gasteiger charge is -2.14. The second-order valence-electron chi connectivity index (χ2n) is 6.84. The quantitative estimate of drug-likeness (QED) is 0.384. The predicted molar refractivity (Wildman–Crippen MR) is 113 cm³/mol. The fourth-order valence-electron chi connectivity index (χ4n) is 3.33. The molecule has 0 bridgehead atoms. The first kappa shape index (κ1) is 20.4. The van der Waals surface area contributed by atoms with E-state index in [-0.39, 0.29) is 0 Å². The third-order valence-corrected chi connectivity index (χ3v) is 4.84. The van der Waals surface area contributed by atoms with Gasteiger partial charge in [-0.2, -0.15) is 13.2 Å². The van der Waals surface area contributed by atoms with Gasteiger partial charge in [-0.15, -0.1) is 0 Å². The Hall–Kier alpha value is -3.87. The van der Waals surface area contributed by atoms with Crippen LogP contribution >= 0.6 is 0 Å². The molecule has 7 heteroatoms. The van der Waals surface area contributed by atoms with Crippen molar-refractivity contribution in [1.29, 1.82) is 0 Å². The van der Waals surface area contributed by atoms with Gasteiger partial charge in [0.15, 0.2) is 0 Å². The number of nitrogens with zero attached hydrogens (tertiary/aromatic N) is 1. The monoisotopic (exact) mass is 422 g/mol. The number of pyridine rings is 1. The number of benzene rings is 3. The third kappa shape index (κ3) is 4.21. The van der Waals surface area contributed by atoms with E-state index in [9.17, 15) is 18.0 Å². The molecule has 1 heterocycles. The van der Waals surface area contributed by atoms with Gasteiger partial charge in [-0.25, -0.2) is 4.79 Å². The normalized spacial score (nSPS) is 11.4. The molecule has 0 spiro atoms. The van der Waals surface area contributed by atoms with Crippen LogP contribution in [0, 0.1) is 0 Å². The summed E-state index contributed by atoms with van der Waals surface area (Å²) in [5.74, 6) is -0.426. The fourth-order valence-corrected chi connectivity index (χ4v) is 3.33. The Morgan fingerprint density at radius 3 is 2.32 bits per heavy atom. The van der Waals surface area contributed by atoms with Crippen LogP contribution in [0.2, 0.25) is 0 Å². The molecule has 0 fully saturated rings. The molecule has 0 atom stereocenters. The molecule has 1 aromatic heterocycles. The number of nitrogens with one attached hydrogen (secondary N) is 1. The largest absolute Gasteiger partial charge is 0.465 e. The highest BCUT2D eigenvalue weighted by Gasteiger charge is 2.30. The number of ether oxygens (including phenoxy) is 1. The van der Waals surface area contributed by atoms with Crippen molar-refractivity contribution < 1.29 is 22.7 Å². The van der Waals surface area contributed by atoms with Crippen molar-refractivity contribution in [3.8, 4) is 11.3 Å². The van der Waals surface area contributed by atoms with Crippen LogP contribution in [0.3, 0.4) is 0 Å². The van der Waals surface area contributed by atoms with Gasteiger partial charge in [0.1, 0.15) is 0 Å². The molecule has 0 amide bonds. The van der Waals surface area contributed by atoms with Crippen molar-refractivity contribution in [3.05, 3.63) is 90.1 Å². The van der Waals surface area contributed by atoms with Gasteiger partial charge in [-0.05, 0) is 30.3 Å². The van der Waals surface area contributed by atoms with Gasteiger partial charge in [-0.3, -0.25) is 4.98 Å². The van der Waals surface area contributed by atoms with Gasteiger partial charge in [0.2, 0.25) is 0 Å². The zero-order valence-corrected chi connectivity index (χ0v) is 16.4. The van der Waals surface area contributed by atoms with Gasteiger partial charge in [0.25, 0.3) is 0 Å². The van der Waals surface area contributed by atoms with Crippen LogP contribution in [0.25, 0.3) is 22.0 Å². The molecule has 4 rings (SSSR count). The van der Waals surface area contributed by atoms with Crippen LogP contribution in [0.15, 0.2) is 79.0 Å². The van der Waals surface area contributed by atoms with E-state index in [0.717, 1.165) is 28.5 Å². The Bertz CT molecular complexity index is 1250. The van der Waals surface area contributed by atoms with Crippen molar-refractivity contribution in [2.75, 3.05) is 12.4 Å². The standard InChI is InChI=1S/C24H17F3N2O2/c1-31-23(30)16-11-9-15(10-12-16)22-20-8-3-2-7-19(20)21(14-28-22)29-18-6-4-5-17(13-18)24(25,26)27/h2-14,29H,1H3. The Labute approximate surface area is 176 Å². The Morgan fingerprint density at radius 1 is 0.935 bits per heavy atom. The van der Waals surface area contributed by atoms with Crippen molar-refractivity contribution in [2.24, 2.45) is 0 Å². The van der Waals surface area contributed by atoms with Gasteiger partial charge >= 0.3 is 12.1 Å². The maximum absolute atomic E-state index is 13.0. The molecule has 1 N–H and O–H groups in total. The first-order chi connectivity index (χ1) is 14.9. The van der Waals surface area contributed by atoms with E-state index in [0.29, 0.717) is 22.6 Å². The lowest BCUT2D eigenvalue weighted by Crippen LogP contribution is -2.05. The van der Waals surface area contributed by atoms with Crippen LogP contribution in [-0.2, 0) is 10.9 Å². The van der Waals surface area contributed by atoms with Crippen molar-refractivity contribution in [3.63, 3.8) is 0 Å². The van der Waals surface area contributed by atoms with E-state index in [1.807, 2.05) is 24.3 Å². The zero-order valence-electron chi connectivity index (χ0n) is 16.4. The number of rotatable bonds is 4. The Kier molecular flexibility index (Phi) is 5.33. The second-order valence-corrected chi connectivity index (χ2v) is 6.84. The minimum atomic E-state index is -4.42. The summed E-state index contributed by atoms with van der Waals surface area (Å²) < 4.78 is 43.8. The van der Waals surface area contributed by atoms with Crippen LogP contribution < -0.4 is 5.32 Å². The number of aromatic nitrogens is 1. The molecule has 0 radical (unpaired) electrons. The fraction of sp³-hybridized carbons (Fsp3) is 0.0833. The molecular formula is C24H17F3N2O2. The van der Waals surface area contributed by atoms with Crippen LogP contribution in [0.1, 0.15) is 15.9 Å². The van der Waals surface area contributed by atoms with Crippen molar-refractivity contribution in [2.45, 2.75) is 6.18 Å². The molecule has 156 valence electrons. The van der Waals surface area contributed by atoms with E-state index in [1.165, 1.54) is 13.2 Å². The van der Waals surface area contributed by atoms with Crippen LogP contribution in [-0.4, -0.2) is 18.1 Å². The van der Waals surface area contributed by atoms with Gasteiger partial charge in [0.05, 0.1) is 35.8 Å². The minimum Gasteiger partial charge on any atom is -0.465 e. The van der Waals surface area contributed by atoms with Crippen LogP contribution in [0.4, 0.5) is 24.5 Å². The molecule has 0 unspecified atom stereocenters. The number of esters is 1. The highest BCUT2D eigenvalue weighted by atomic mass is 19.4. The van der Waals surface area contributed by atoms with Crippen molar-refractivity contribution >= 4 is 28.1 Å². The Balaban J connectivity index is 1.73. The number of hydrogen-bond acceptors (Lipinski definition) is 4. The van der Waals surface area contributed by atoms with E-state index in [4.69, 9.17) is 4.74 Å². The SMILES string of the molecule is COC(=O)c1ccc(-c2ncc(Nc3cccc(C(F)(F)F)c3)c3ccccc23)cc1. The molecule has 0 saturated carbocycles. The number of carbonyl (C=O) groups is 1. The summed E-state index contributed by atoms with van der Waals surface area (Å²) >= 11 is 0. The summed E-state index contributed by atoms with van der Waals surface area (Å²) in [5, 5.41) is 4.68. The van der Waals surface area contributed by atoms with Gasteiger partial charge < -0.3 is 10.1 Å². The maximum Gasteiger partial charge on any atom is 0.416 e. The first-order valence-electron chi connectivity index (χ1n) is 9.37. The highest BCUT2D eigenvalue weighted by molar-refractivity contribution is 6.02. The first-order valence-corrected chi connectivity index (χ1v) is 9.37. The number of hydrogen-bond donors (Lipinski definition) is 1. The number of fused-ring (bicyclic) bond motifs is 1. The summed E-state index contributed by atoms with van der Waals surface area (Å²) in [7, 11) is 1.32. The molecular weight excluding hydrogens is 405 g/mol. The summed E-state index contributed by atoms with van der Waals surface area (Å²) in [4.78, 5) is 16.2. The summed E-state index contributed by atoms with van der Waals surface area (Å²) in [5.41, 5.74) is 2.10. The van der Waals surface area contributed by atoms with E-state index in [2.05, 4.69) is 10.3 Å². The second kappa shape index (κ2) is 8.10. The van der Waals surface area contributed by atoms with Gasteiger partial charge in [0, 0.05) is 22.0 Å². The van der Waals surface area contributed by atoms with Crippen molar-refractivity contribution in [1.82, 2.24) is 4.98 Å². The average molecular weight is 422 g/mol. The number of carbonyl (C=O) groups excluding carboxylic acids is 1. The molecule has 0 aliphatic rings. The molecule has 4 nitrogen and oxygen atoms in total. The summed E-state index contributed by atoms with van der Waals surface area (Å²) in [6.45, 7) is 0. The summed E-state index contributed by atoms with van der Waals surface area (Å²) in [6.07, 6.45) is -2.83. The number of methoxy groups -OCH3 is 1. The lowest BCUT2D eigenvalue weighted by molar-refractivity contribution is -0.137. The zero-order chi connectivity index (χ0) is 22.0. The smallest absolute Gasteiger partial charge is 0.416 e. The summed E-state index contributed by atoms with van der Waals surface area (Å²) in [6, 6.07) is 19.4. The van der Waals surface area contributed by atoms with Gasteiger partial charge in [-0.1, -0.05) is 42.5 Å². The highest BCUT2D eigenvalue weighted by Crippen LogP contribution is 2.35. The minimum absolute atomic E-state index is 0.317. The van der Waals surface area contributed by atoms with E-state index < -0.39 is 17.7 Å². The molecule has 3 aromatic carbocycles. The number of halogens is 3. The Morgan fingerprint density at radius 2 is 1.65 bits per heavy atom. The van der Waals surface area contributed by atoms with E-state index in [1.54, 1.807) is 36.5 Å². The number of anilines is 2.